The van der Waals surface area contributed by atoms with Crippen molar-refractivity contribution in [3.8, 4) is 0 Å². The van der Waals surface area contributed by atoms with E-state index >= 15 is 0 Å². The van der Waals surface area contributed by atoms with Crippen molar-refractivity contribution < 1.29 is 19.1 Å². The number of pyridine rings is 1. The van der Waals surface area contributed by atoms with Gasteiger partial charge in [0.05, 0.1) is 5.56 Å². The minimum Gasteiger partial charge on any atom is -0.476 e. The quantitative estimate of drug-likeness (QED) is 0.747. The molecule has 5 nitrogen and oxygen atoms in total. The Kier molecular flexibility index (Phi) is 1.96. The smallest absolute Gasteiger partial charge is 0.357 e. The number of carboxylic acids is 1. The third-order valence-electron chi connectivity index (χ3n) is 1.96. The van der Waals surface area contributed by atoms with E-state index in [0.29, 0.717) is 0 Å². The molecule has 0 aliphatic heterocycles. The van der Waals surface area contributed by atoms with Crippen molar-refractivity contribution in [1.29, 1.82) is 0 Å². The zero-order valence-electron chi connectivity index (χ0n) is 7.35. The number of rotatable bonds is 2. The van der Waals surface area contributed by atoms with Gasteiger partial charge in [-0.25, -0.2) is 13.7 Å². The molecule has 0 saturated carbocycles. The minimum atomic E-state index is -1.36. The van der Waals surface area contributed by atoms with Crippen molar-refractivity contribution in [2.24, 2.45) is 0 Å². The van der Waals surface area contributed by atoms with Gasteiger partial charge in [-0.3, -0.25) is 4.79 Å². The summed E-state index contributed by atoms with van der Waals surface area (Å²) in [5, 5.41) is 12.3. The van der Waals surface area contributed by atoms with Gasteiger partial charge in [0, 0.05) is 6.20 Å². The molecule has 2 aromatic rings. The fraction of sp³-hybridized carbons (Fsp3) is 0. The van der Waals surface area contributed by atoms with Crippen LogP contribution in [0.25, 0.3) is 5.52 Å². The molecule has 2 aromatic heterocycles. The van der Waals surface area contributed by atoms with Crippen LogP contribution in [0.4, 0.5) is 4.39 Å². The molecule has 76 valence electrons. The molecule has 0 aromatic carbocycles. The Labute approximate surface area is 82.8 Å². The van der Waals surface area contributed by atoms with Crippen LogP contribution < -0.4 is 0 Å². The molecule has 0 fully saturated rings. The predicted octanol–water partition coefficient (Wildman–Crippen LogP) is 0.984. The van der Waals surface area contributed by atoms with E-state index in [1.54, 1.807) is 0 Å². The molecule has 0 radical (unpaired) electrons. The highest BCUT2D eigenvalue weighted by Crippen LogP contribution is 2.16. The van der Waals surface area contributed by atoms with E-state index in [2.05, 4.69) is 5.10 Å². The first-order valence-electron chi connectivity index (χ1n) is 4.00. The summed E-state index contributed by atoms with van der Waals surface area (Å²) in [7, 11) is 0. The fourth-order valence-corrected chi connectivity index (χ4v) is 1.35. The fourth-order valence-electron chi connectivity index (χ4n) is 1.35. The van der Waals surface area contributed by atoms with E-state index < -0.39 is 17.5 Å². The number of carboxylic acid groups (broad SMARTS) is 1. The van der Waals surface area contributed by atoms with Gasteiger partial charge in [-0.1, -0.05) is 0 Å². The molecule has 1 N–H and O–H groups in total. The third-order valence-corrected chi connectivity index (χ3v) is 1.96. The molecule has 0 aliphatic carbocycles. The lowest BCUT2D eigenvalue weighted by Crippen LogP contribution is -2.00. The summed E-state index contributed by atoms with van der Waals surface area (Å²) < 4.78 is 14.3. The Bertz CT molecular complexity index is 562. The Balaban J connectivity index is 2.92. The van der Waals surface area contributed by atoms with Gasteiger partial charge in [-0.2, -0.15) is 5.10 Å². The van der Waals surface area contributed by atoms with Gasteiger partial charge in [-0.15, -0.1) is 0 Å². The summed E-state index contributed by atoms with van der Waals surface area (Å²) >= 11 is 0. The van der Waals surface area contributed by atoms with Crippen LogP contribution in [-0.4, -0.2) is 27.0 Å². The van der Waals surface area contributed by atoms with E-state index in [1.807, 2.05) is 0 Å². The summed E-state index contributed by atoms with van der Waals surface area (Å²) in [5.41, 5.74) is -0.819. The molecule has 15 heavy (non-hydrogen) atoms. The number of aromatic carboxylic acids is 1. The van der Waals surface area contributed by atoms with Gasteiger partial charge in [0.2, 0.25) is 0 Å². The Morgan fingerprint density at radius 3 is 2.93 bits per heavy atom. The largest absolute Gasteiger partial charge is 0.476 e. The highest BCUT2D eigenvalue weighted by molar-refractivity contribution is 6.00. The monoisotopic (exact) mass is 208 g/mol. The molecule has 0 amide bonds. The maximum Gasteiger partial charge on any atom is 0.357 e. The number of nitrogens with zero attached hydrogens (tertiary/aromatic N) is 2. The highest BCUT2D eigenvalue weighted by atomic mass is 19.1. The summed E-state index contributed by atoms with van der Waals surface area (Å²) in [6.07, 6.45) is 1.66. The SMILES string of the molecule is O=Cc1c(C(=O)O)nn2cccc(F)c12. The second-order valence-corrected chi connectivity index (χ2v) is 2.83. The van der Waals surface area contributed by atoms with E-state index in [1.165, 1.54) is 12.3 Å². The first kappa shape index (κ1) is 9.32. The summed E-state index contributed by atoms with van der Waals surface area (Å²) in [5.74, 6) is -2.04. The minimum absolute atomic E-state index is 0.120. The van der Waals surface area contributed by atoms with Gasteiger partial charge < -0.3 is 5.11 Å². The molecule has 0 aliphatic rings. The van der Waals surface area contributed by atoms with Crippen LogP contribution in [0.2, 0.25) is 0 Å². The number of carbonyl (C=O) groups excluding carboxylic acids is 1. The molecule has 0 unspecified atom stereocenters. The van der Waals surface area contributed by atoms with E-state index in [9.17, 15) is 14.0 Å². The van der Waals surface area contributed by atoms with Crippen molar-refractivity contribution >= 4 is 17.8 Å². The molecule has 0 spiro atoms. The lowest BCUT2D eigenvalue weighted by molar-refractivity contribution is 0.0687. The number of halogens is 1. The van der Waals surface area contributed by atoms with E-state index in [-0.39, 0.29) is 17.4 Å². The van der Waals surface area contributed by atoms with Gasteiger partial charge >= 0.3 is 5.97 Å². The lowest BCUT2D eigenvalue weighted by Gasteiger charge is -1.93. The second-order valence-electron chi connectivity index (χ2n) is 2.83. The molecule has 0 bridgehead atoms. The second kappa shape index (κ2) is 3.16. The van der Waals surface area contributed by atoms with Crippen LogP contribution in [0.15, 0.2) is 18.3 Å². The molecule has 0 saturated heterocycles. The van der Waals surface area contributed by atoms with E-state index in [4.69, 9.17) is 5.11 Å². The number of aromatic nitrogens is 2. The van der Waals surface area contributed by atoms with E-state index in [0.717, 1.165) is 10.6 Å². The van der Waals surface area contributed by atoms with Crippen LogP contribution in [0, 0.1) is 5.82 Å². The number of hydrogen-bond donors (Lipinski definition) is 1. The van der Waals surface area contributed by atoms with Gasteiger partial charge in [0.1, 0.15) is 11.3 Å². The van der Waals surface area contributed by atoms with Crippen molar-refractivity contribution in [1.82, 2.24) is 9.61 Å². The molecular formula is C9H5FN2O3. The van der Waals surface area contributed by atoms with Crippen molar-refractivity contribution in [3.05, 3.63) is 35.4 Å². The van der Waals surface area contributed by atoms with Gasteiger partial charge in [0.25, 0.3) is 0 Å². The number of hydrogen-bond acceptors (Lipinski definition) is 3. The van der Waals surface area contributed by atoms with Crippen LogP contribution >= 0.6 is 0 Å². The molecule has 2 rings (SSSR count). The molecule has 0 atom stereocenters. The zero-order chi connectivity index (χ0) is 11.0. The molecule has 2 heterocycles. The topological polar surface area (TPSA) is 71.7 Å². The average Bonchev–Trinajstić information content (AvgIpc) is 2.57. The lowest BCUT2D eigenvalue weighted by atomic mass is 10.2. The van der Waals surface area contributed by atoms with Crippen molar-refractivity contribution in [2.75, 3.05) is 0 Å². The van der Waals surface area contributed by atoms with Crippen molar-refractivity contribution in [2.45, 2.75) is 0 Å². The predicted molar refractivity (Wildman–Crippen MR) is 47.5 cm³/mol. The zero-order valence-corrected chi connectivity index (χ0v) is 7.35. The van der Waals surface area contributed by atoms with Crippen LogP contribution in [0.3, 0.4) is 0 Å². The summed E-state index contributed by atoms with van der Waals surface area (Å²) in [6, 6.07) is 2.51. The summed E-state index contributed by atoms with van der Waals surface area (Å²) in [6.45, 7) is 0. The maximum absolute atomic E-state index is 13.3. The normalized spacial score (nSPS) is 10.5. The number of aldehydes is 1. The standard InChI is InChI=1S/C9H5FN2O3/c10-6-2-1-3-12-8(6)5(4-13)7(11-12)9(14)15/h1-4H,(H,14,15). The summed E-state index contributed by atoms with van der Waals surface area (Å²) in [4.78, 5) is 21.4. The first-order chi connectivity index (χ1) is 7.15. The van der Waals surface area contributed by atoms with Gasteiger partial charge in [0.15, 0.2) is 12.0 Å². The molecular weight excluding hydrogens is 203 g/mol. The third kappa shape index (κ3) is 1.26. The Morgan fingerprint density at radius 2 is 2.33 bits per heavy atom. The number of carbonyl (C=O) groups is 2. The number of fused-ring (bicyclic) bond motifs is 1. The maximum atomic E-state index is 13.3. The Morgan fingerprint density at radius 1 is 1.60 bits per heavy atom. The first-order valence-corrected chi connectivity index (χ1v) is 4.00. The average molecular weight is 208 g/mol. The van der Waals surface area contributed by atoms with Gasteiger partial charge in [-0.05, 0) is 12.1 Å². The molecule has 6 heteroatoms. The Hall–Kier alpha value is -2.24. The van der Waals surface area contributed by atoms with Crippen LogP contribution in [0.5, 0.6) is 0 Å². The van der Waals surface area contributed by atoms with Crippen molar-refractivity contribution in [3.63, 3.8) is 0 Å². The van der Waals surface area contributed by atoms with Crippen LogP contribution in [0.1, 0.15) is 20.8 Å². The highest BCUT2D eigenvalue weighted by Gasteiger charge is 2.20. The van der Waals surface area contributed by atoms with Crippen LogP contribution in [-0.2, 0) is 0 Å².